The van der Waals surface area contributed by atoms with Crippen molar-refractivity contribution in [2.24, 2.45) is 0 Å². The van der Waals surface area contributed by atoms with E-state index in [0.29, 0.717) is 6.07 Å². The van der Waals surface area contributed by atoms with Gasteiger partial charge in [-0.05, 0) is 46.2 Å². The van der Waals surface area contributed by atoms with Gasteiger partial charge in [0.2, 0.25) is 0 Å². The summed E-state index contributed by atoms with van der Waals surface area (Å²) < 4.78 is 212. The van der Waals surface area contributed by atoms with Crippen molar-refractivity contribution in [3.05, 3.63) is 77.4 Å². The third-order valence-corrected chi connectivity index (χ3v) is 3.42. The molecule has 0 amide bonds. The largest absolute Gasteiger partial charge is 0.458 e. The number of benzene rings is 1. The molecular weight excluding hydrogens is 758 g/mol. The Balaban J connectivity index is -0.0000000994. The van der Waals surface area contributed by atoms with Gasteiger partial charge in [0, 0.05) is 6.61 Å². The van der Waals surface area contributed by atoms with E-state index in [1.807, 2.05) is 0 Å². The summed E-state index contributed by atoms with van der Waals surface area (Å²) in [4.78, 5) is 5.79. The summed E-state index contributed by atoms with van der Waals surface area (Å²) in [7, 11) is 0.958. The van der Waals surface area contributed by atoms with E-state index in [9.17, 15) is 79.3 Å². The number of ether oxygens (including phenoxy) is 1. The number of allylic oxidation sites excluding steroid dienone is 4. The number of hydrogen-bond donors (Lipinski definition) is 2. The van der Waals surface area contributed by atoms with Gasteiger partial charge >= 0.3 is 24.6 Å². The van der Waals surface area contributed by atoms with Gasteiger partial charge in [0.25, 0.3) is 17.9 Å². The zero-order valence-corrected chi connectivity index (χ0v) is 25.4. The highest BCUT2D eigenvalue weighted by Gasteiger charge is 2.40. The third-order valence-electron chi connectivity index (χ3n) is 3.42. The highest BCUT2D eigenvalue weighted by atomic mass is 19.4. The fraction of sp³-hybridized carbons (Fsp3) is 0.500. The van der Waals surface area contributed by atoms with Crippen molar-refractivity contribution in [2.45, 2.75) is 67.0 Å². The van der Waals surface area contributed by atoms with E-state index < -0.39 is 71.8 Å². The number of aliphatic hydroxyl groups excluding tert-OH is 2. The molecule has 0 atom stereocenters. The summed E-state index contributed by atoms with van der Waals surface area (Å²) in [5, 5.41) is 15.9. The molecule has 0 aliphatic rings. The lowest BCUT2D eigenvalue weighted by molar-refractivity contribution is -0.150. The second-order valence-electron chi connectivity index (χ2n) is 7.35. The number of rotatable bonds is 7. The lowest BCUT2D eigenvalue weighted by Gasteiger charge is -2.10. The van der Waals surface area contributed by atoms with Crippen LogP contribution in [0.5, 0.6) is 0 Å². The molecule has 306 valence electrons. The first-order valence-electron chi connectivity index (χ1n) is 12.4. The van der Waals surface area contributed by atoms with E-state index >= 15 is 0 Å². The minimum atomic E-state index is -5.26. The van der Waals surface area contributed by atoms with Gasteiger partial charge in [-0.3, -0.25) is 0 Å². The minimum absolute atomic E-state index is 0. The average molecular weight is 797 g/mol. The predicted octanol–water partition coefficient (Wildman–Crippen LogP) is 12.4. The summed E-state index contributed by atoms with van der Waals surface area (Å²) >= 11 is 0. The Bertz CT molecular complexity index is 1080. The first-order valence-corrected chi connectivity index (χ1v) is 12.4. The molecule has 0 unspecified atom stereocenters. The maximum absolute atomic E-state index is 12.5. The van der Waals surface area contributed by atoms with E-state index in [0.717, 1.165) is 31.4 Å². The first kappa shape index (κ1) is 62.7. The highest BCUT2D eigenvalue weighted by molar-refractivity contribution is 5.70. The number of aliphatic hydroxyl groups is 2. The molecule has 0 aliphatic heterocycles. The Hall–Kier alpha value is -3.44. The topological polar surface area (TPSA) is 68.2 Å². The molecule has 0 aliphatic carbocycles. The molecule has 0 spiro atoms. The van der Waals surface area contributed by atoms with Crippen LogP contribution in [0.4, 0.5) is 79.3 Å². The van der Waals surface area contributed by atoms with Crippen molar-refractivity contribution in [1.29, 1.82) is 0 Å². The third kappa shape index (κ3) is 37.6. The predicted molar refractivity (Wildman–Crippen MR) is 151 cm³/mol. The van der Waals surface area contributed by atoms with Crippen molar-refractivity contribution in [3.8, 4) is 0 Å². The zero-order chi connectivity index (χ0) is 40.0. The quantitative estimate of drug-likeness (QED) is 0.124. The molecule has 1 aromatic carbocycles. The van der Waals surface area contributed by atoms with Gasteiger partial charge in [0.1, 0.15) is 17.0 Å². The lowest BCUT2D eigenvalue weighted by Crippen LogP contribution is -2.16. The Morgan fingerprint density at radius 1 is 0.745 bits per heavy atom. The molecule has 0 radical (unpaired) electrons. The Morgan fingerprint density at radius 3 is 1.39 bits per heavy atom. The van der Waals surface area contributed by atoms with Gasteiger partial charge in [0.05, 0.1) is 13.7 Å². The monoisotopic (exact) mass is 796 g/mol. The van der Waals surface area contributed by atoms with Gasteiger partial charge in [0.15, 0.2) is 6.79 Å². The van der Waals surface area contributed by atoms with Crippen molar-refractivity contribution >= 4 is 5.57 Å². The molecule has 0 fully saturated rings. The fourth-order valence-corrected chi connectivity index (χ4v) is 1.87. The minimum Gasteiger partial charge on any atom is -0.458 e. The molecule has 0 heterocycles. The van der Waals surface area contributed by atoms with Crippen LogP contribution in [0, 0.1) is 5.82 Å². The van der Waals surface area contributed by atoms with E-state index in [2.05, 4.69) is 28.5 Å². The van der Waals surface area contributed by atoms with Gasteiger partial charge in [-0.15, -0.1) is 0 Å². The maximum atomic E-state index is 12.5. The van der Waals surface area contributed by atoms with Crippen molar-refractivity contribution in [3.63, 3.8) is 0 Å². The van der Waals surface area contributed by atoms with Crippen LogP contribution in [0.15, 0.2) is 66.0 Å². The molecule has 23 heteroatoms. The van der Waals surface area contributed by atoms with Crippen LogP contribution in [0.1, 0.15) is 54.0 Å². The summed E-state index contributed by atoms with van der Waals surface area (Å²) in [6.07, 6.45) is -21.9. The Labute approximate surface area is 281 Å². The van der Waals surface area contributed by atoms with Crippen LogP contribution in [0.3, 0.4) is 0 Å². The summed E-state index contributed by atoms with van der Waals surface area (Å²) in [5.41, 5.74) is -4.97. The van der Waals surface area contributed by atoms with Crippen LogP contribution in [-0.4, -0.2) is 55.9 Å². The maximum Gasteiger partial charge on any atom is 0.454 e. The summed E-state index contributed by atoms with van der Waals surface area (Å²) in [6.45, 7) is 4.17. The van der Waals surface area contributed by atoms with Crippen molar-refractivity contribution < 1.29 is 104 Å². The van der Waals surface area contributed by atoms with E-state index in [1.54, 1.807) is 6.92 Å². The Morgan fingerprint density at radius 2 is 1.18 bits per heavy atom. The lowest BCUT2D eigenvalue weighted by atomic mass is 10.1. The van der Waals surface area contributed by atoms with E-state index in [1.165, 1.54) is 6.42 Å². The van der Waals surface area contributed by atoms with Crippen LogP contribution < -0.4 is 0 Å². The van der Waals surface area contributed by atoms with Gasteiger partial charge in [-0.2, -0.15) is 75.7 Å². The van der Waals surface area contributed by atoms with Crippen LogP contribution in [0.2, 0.25) is 0 Å². The average Bonchev–Trinajstić information content (AvgIpc) is 2.93. The molecule has 1 rings (SSSR count). The van der Waals surface area contributed by atoms with E-state index in [-0.39, 0.29) is 40.6 Å². The molecule has 51 heavy (non-hydrogen) atoms. The SMILES string of the molecule is C.C.CCC.CCOF.COF.FC(F)=C(c1cccc(F)c1)C(F)(F)F.OCCC=CC(=C(F)F)C(F)(F)F.OCOC(=C(F)F)C(F)(F)F. The van der Waals surface area contributed by atoms with Crippen LogP contribution >= 0.6 is 0 Å². The summed E-state index contributed by atoms with van der Waals surface area (Å²) in [5.74, 6) is -3.46. The number of halogens is 18. The van der Waals surface area contributed by atoms with Crippen LogP contribution in [0.25, 0.3) is 5.57 Å². The normalized spacial score (nSPS) is 10.1. The number of alkyl halides is 9. The molecule has 0 saturated carbocycles. The fourth-order valence-electron chi connectivity index (χ4n) is 1.87. The van der Waals surface area contributed by atoms with Crippen molar-refractivity contribution in [2.75, 3.05) is 27.1 Å². The van der Waals surface area contributed by atoms with Gasteiger partial charge in [-0.1, -0.05) is 53.3 Å². The molecule has 5 nitrogen and oxygen atoms in total. The molecule has 0 aromatic heterocycles. The summed E-state index contributed by atoms with van der Waals surface area (Å²) in [6, 6.07) is 2.97. The zero-order valence-electron chi connectivity index (χ0n) is 25.4. The van der Waals surface area contributed by atoms with Gasteiger partial charge in [-0.25, -0.2) is 4.39 Å². The molecule has 0 bridgehead atoms. The molecule has 0 saturated heterocycles. The molecule has 2 N–H and O–H groups in total. The Kier molecular flexibility index (Phi) is 43.0. The van der Waals surface area contributed by atoms with E-state index in [4.69, 9.17) is 10.2 Å². The first-order chi connectivity index (χ1) is 22.3. The number of hydrogen-bond acceptors (Lipinski definition) is 5. The second kappa shape index (κ2) is 35.0. The molecular formula is C28H38F18O5. The smallest absolute Gasteiger partial charge is 0.454 e. The standard InChI is InChI=1S/C9H4F6.C7H7F5O.C4H3F5O2.C3H8.C2H5FO.CH3FO.2CH4/c10-6-3-1-2-5(4-6)7(8(11)12)9(13,14)15;8-6(9)5(7(10,11)12)3-1-2-4-13;5-3(6)2(11-1-10)4(7,8)9;1-3-2;1-2-4-3;1-3-2;;/h1-4H;1,3,13H,2,4H2;10H,1H2;3H2,1-2H3;2H2,1H3;1H3;2*1H4. The second-order valence-corrected chi connectivity index (χ2v) is 7.35. The van der Waals surface area contributed by atoms with Crippen molar-refractivity contribution in [1.82, 2.24) is 0 Å². The van der Waals surface area contributed by atoms with Gasteiger partial charge < -0.3 is 14.9 Å². The molecule has 1 aromatic rings. The van der Waals surface area contributed by atoms with Crippen LogP contribution in [-0.2, 0) is 14.6 Å². The highest BCUT2D eigenvalue weighted by Crippen LogP contribution is 2.37.